The molecule has 0 spiro atoms. The lowest BCUT2D eigenvalue weighted by atomic mass is 10.1. The molecule has 1 aliphatic heterocycles. The van der Waals surface area contributed by atoms with Gasteiger partial charge in [0, 0.05) is 11.3 Å². The van der Waals surface area contributed by atoms with Crippen molar-refractivity contribution in [1.29, 1.82) is 0 Å². The van der Waals surface area contributed by atoms with Crippen LogP contribution in [0.15, 0.2) is 30.5 Å². The van der Waals surface area contributed by atoms with Gasteiger partial charge in [0.05, 0.1) is 5.69 Å². The topological polar surface area (TPSA) is 49.9 Å². The Morgan fingerprint density at radius 1 is 1.44 bits per heavy atom. The largest absolute Gasteiger partial charge is 0.485 e. The first-order valence-corrected chi connectivity index (χ1v) is 5.57. The van der Waals surface area contributed by atoms with Crippen LogP contribution in [-0.4, -0.2) is 16.6 Å². The molecule has 2 N–H and O–H groups in total. The van der Waals surface area contributed by atoms with E-state index in [1.165, 1.54) is 0 Å². The molecule has 0 aliphatic carbocycles. The van der Waals surface area contributed by atoms with Crippen LogP contribution in [0.25, 0.3) is 11.3 Å². The predicted molar refractivity (Wildman–Crippen MR) is 67.0 cm³/mol. The molecule has 0 fully saturated rings. The van der Waals surface area contributed by atoms with E-state index in [4.69, 9.17) is 4.74 Å². The van der Waals surface area contributed by atoms with Gasteiger partial charge in [0.2, 0.25) is 5.95 Å². The second-order valence-electron chi connectivity index (χ2n) is 4.21. The summed E-state index contributed by atoms with van der Waals surface area (Å²) in [4.78, 5) is 6.67. The summed E-state index contributed by atoms with van der Waals surface area (Å²) in [7, 11) is 0. The molecule has 1 aromatic carbocycles. The summed E-state index contributed by atoms with van der Waals surface area (Å²) in [6, 6.07) is 5.40. The SMILES string of the molecule is C=C1COc2cc(-c3nc(C)[nH]c3F)ccc2N1. The second-order valence-corrected chi connectivity index (χ2v) is 4.21. The number of H-pyrrole nitrogens is 1. The summed E-state index contributed by atoms with van der Waals surface area (Å²) in [5.41, 5.74) is 2.63. The molecular weight excluding hydrogens is 233 g/mol. The number of anilines is 1. The molecular formula is C13H12FN3O. The van der Waals surface area contributed by atoms with Crippen molar-refractivity contribution < 1.29 is 9.13 Å². The Morgan fingerprint density at radius 2 is 2.28 bits per heavy atom. The van der Waals surface area contributed by atoms with Crippen molar-refractivity contribution in [3.8, 4) is 17.0 Å². The average molecular weight is 245 g/mol. The van der Waals surface area contributed by atoms with E-state index in [1.54, 1.807) is 19.1 Å². The van der Waals surface area contributed by atoms with Crippen LogP contribution in [0.3, 0.4) is 0 Å². The Hall–Kier alpha value is -2.30. The number of benzene rings is 1. The van der Waals surface area contributed by atoms with E-state index in [0.717, 1.165) is 11.4 Å². The number of hydrogen-bond donors (Lipinski definition) is 2. The molecule has 1 aliphatic rings. The lowest BCUT2D eigenvalue weighted by Crippen LogP contribution is -2.15. The van der Waals surface area contributed by atoms with E-state index in [-0.39, 0.29) is 0 Å². The zero-order valence-corrected chi connectivity index (χ0v) is 9.88. The van der Waals surface area contributed by atoms with E-state index in [0.29, 0.717) is 29.4 Å². The first-order chi connectivity index (χ1) is 8.63. The third kappa shape index (κ3) is 1.73. The van der Waals surface area contributed by atoms with Crippen LogP contribution < -0.4 is 10.1 Å². The molecule has 3 rings (SSSR count). The number of aromatic amines is 1. The van der Waals surface area contributed by atoms with Gasteiger partial charge in [-0.15, -0.1) is 0 Å². The lowest BCUT2D eigenvalue weighted by Gasteiger charge is -2.21. The molecule has 2 aromatic rings. The van der Waals surface area contributed by atoms with Gasteiger partial charge >= 0.3 is 0 Å². The third-order valence-electron chi connectivity index (χ3n) is 2.75. The van der Waals surface area contributed by atoms with Crippen LogP contribution in [0.2, 0.25) is 0 Å². The summed E-state index contributed by atoms with van der Waals surface area (Å²) in [6.45, 7) is 5.93. The van der Waals surface area contributed by atoms with Crippen LogP contribution in [0.1, 0.15) is 5.82 Å². The summed E-state index contributed by atoms with van der Waals surface area (Å²) in [5, 5.41) is 3.12. The standard InChI is InChI=1S/C13H12FN3O/c1-7-6-18-11-5-9(3-4-10(11)15-7)12-13(14)17-8(2)16-12/h3-5,15H,1,6H2,2H3,(H,16,17). The molecule has 0 saturated carbocycles. The molecule has 4 nitrogen and oxygen atoms in total. The van der Waals surface area contributed by atoms with Gasteiger partial charge in [-0.3, -0.25) is 0 Å². The molecule has 5 heteroatoms. The van der Waals surface area contributed by atoms with Gasteiger partial charge < -0.3 is 15.0 Å². The highest BCUT2D eigenvalue weighted by Crippen LogP contribution is 2.34. The molecule has 2 heterocycles. The number of rotatable bonds is 1. The number of aromatic nitrogens is 2. The van der Waals surface area contributed by atoms with Gasteiger partial charge in [-0.2, -0.15) is 4.39 Å². The number of hydrogen-bond acceptors (Lipinski definition) is 3. The van der Waals surface area contributed by atoms with Crippen LogP contribution in [0, 0.1) is 12.9 Å². The number of imidazole rings is 1. The molecule has 0 saturated heterocycles. The summed E-state index contributed by atoms with van der Waals surface area (Å²) in [6.07, 6.45) is 0. The van der Waals surface area contributed by atoms with Crippen LogP contribution in [-0.2, 0) is 0 Å². The Balaban J connectivity index is 2.05. The smallest absolute Gasteiger partial charge is 0.218 e. The zero-order valence-electron chi connectivity index (χ0n) is 9.88. The summed E-state index contributed by atoms with van der Waals surface area (Å²) in [5.74, 6) is 0.799. The van der Waals surface area contributed by atoms with E-state index in [1.807, 2.05) is 6.07 Å². The first kappa shape index (κ1) is 10.8. The van der Waals surface area contributed by atoms with Gasteiger partial charge in [-0.05, 0) is 19.1 Å². The number of nitrogens with zero attached hydrogens (tertiary/aromatic N) is 1. The van der Waals surface area contributed by atoms with Gasteiger partial charge in [-0.1, -0.05) is 12.6 Å². The molecule has 0 unspecified atom stereocenters. The quantitative estimate of drug-likeness (QED) is 0.812. The van der Waals surface area contributed by atoms with Gasteiger partial charge in [-0.25, -0.2) is 4.98 Å². The van der Waals surface area contributed by atoms with Gasteiger partial charge in [0.15, 0.2) is 0 Å². The first-order valence-electron chi connectivity index (χ1n) is 5.57. The normalized spacial score (nSPS) is 13.8. The number of fused-ring (bicyclic) bond motifs is 1. The highest BCUT2D eigenvalue weighted by atomic mass is 19.1. The van der Waals surface area contributed by atoms with Crippen molar-refractivity contribution in [2.75, 3.05) is 11.9 Å². The van der Waals surface area contributed by atoms with Crippen molar-refractivity contribution in [3.05, 3.63) is 42.2 Å². The van der Waals surface area contributed by atoms with Crippen LogP contribution in [0.5, 0.6) is 5.75 Å². The summed E-state index contributed by atoms with van der Waals surface area (Å²) < 4.78 is 19.1. The molecule has 0 atom stereocenters. The fraction of sp³-hybridized carbons (Fsp3) is 0.154. The van der Waals surface area contributed by atoms with Gasteiger partial charge in [0.25, 0.3) is 0 Å². The maximum Gasteiger partial charge on any atom is 0.218 e. The lowest BCUT2D eigenvalue weighted by molar-refractivity contribution is 0.347. The molecule has 92 valence electrons. The number of halogens is 1. The highest BCUT2D eigenvalue weighted by molar-refractivity contribution is 5.70. The van der Waals surface area contributed by atoms with Crippen molar-refractivity contribution in [2.45, 2.75) is 6.92 Å². The Labute approximate surface area is 104 Å². The van der Waals surface area contributed by atoms with Crippen LogP contribution in [0.4, 0.5) is 10.1 Å². The Kier molecular flexibility index (Phi) is 2.33. The van der Waals surface area contributed by atoms with E-state index in [2.05, 4.69) is 21.9 Å². The van der Waals surface area contributed by atoms with Crippen molar-refractivity contribution in [3.63, 3.8) is 0 Å². The predicted octanol–water partition coefficient (Wildman–Crippen LogP) is 2.84. The minimum atomic E-state index is -0.430. The highest BCUT2D eigenvalue weighted by Gasteiger charge is 2.16. The summed E-state index contributed by atoms with van der Waals surface area (Å²) >= 11 is 0. The zero-order chi connectivity index (χ0) is 12.7. The van der Waals surface area contributed by atoms with Crippen LogP contribution >= 0.6 is 0 Å². The third-order valence-corrected chi connectivity index (χ3v) is 2.75. The average Bonchev–Trinajstić information content (AvgIpc) is 2.68. The van der Waals surface area contributed by atoms with Gasteiger partial charge in [0.1, 0.15) is 23.9 Å². The van der Waals surface area contributed by atoms with E-state index < -0.39 is 5.95 Å². The molecule has 18 heavy (non-hydrogen) atoms. The molecule has 0 bridgehead atoms. The number of nitrogens with one attached hydrogen (secondary N) is 2. The monoisotopic (exact) mass is 245 g/mol. The number of aryl methyl sites for hydroxylation is 1. The molecule has 0 radical (unpaired) electrons. The molecule has 0 amide bonds. The Bertz CT molecular complexity index is 633. The maximum absolute atomic E-state index is 13.6. The molecule has 1 aromatic heterocycles. The van der Waals surface area contributed by atoms with Crippen molar-refractivity contribution in [1.82, 2.24) is 9.97 Å². The van der Waals surface area contributed by atoms with E-state index >= 15 is 0 Å². The van der Waals surface area contributed by atoms with E-state index in [9.17, 15) is 4.39 Å². The Morgan fingerprint density at radius 3 is 3.00 bits per heavy atom. The fourth-order valence-corrected chi connectivity index (χ4v) is 1.94. The second kappa shape index (κ2) is 3.87. The van der Waals surface area contributed by atoms with Crippen molar-refractivity contribution in [2.24, 2.45) is 0 Å². The number of ether oxygens (including phenoxy) is 1. The maximum atomic E-state index is 13.6. The fourth-order valence-electron chi connectivity index (χ4n) is 1.94. The van der Waals surface area contributed by atoms with Crippen molar-refractivity contribution >= 4 is 5.69 Å². The minimum Gasteiger partial charge on any atom is -0.485 e. The minimum absolute atomic E-state index is 0.309.